The first kappa shape index (κ1) is 28.4. The van der Waals surface area contributed by atoms with E-state index in [-0.39, 0.29) is 13.1 Å². The standard InChI is InChI=1S/C32H26Cl2N2O5/c33-23-15-16-27-25(17-23)30(24-13-7-8-14-26(24)34)41-28(32(40)36(27)18-21-9-3-1-4-10-21)19-35(20-29(37)38)31(39)22-11-5-2-6-12-22/h1-17,28,30H,18-20H2,(H,37,38)/t28-,30-/m1/s1. The molecule has 9 heteroatoms. The largest absolute Gasteiger partial charge is 0.480 e. The van der Waals surface area contributed by atoms with Gasteiger partial charge in [0.15, 0.2) is 6.10 Å². The molecule has 4 aromatic carbocycles. The summed E-state index contributed by atoms with van der Waals surface area (Å²) in [5.41, 5.74) is 2.98. The fourth-order valence-electron chi connectivity index (χ4n) is 4.89. The van der Waals surface area contributed by atoms with Crippen LogP contribution in [0.2, 0.25) is 10.0 Å². The minimum atomic E-state index is -1.22. The fourth-order valence-corrected chi connectivity index (χ4v) is 5.31. The predicted molar refractivity (Wildman–Crippen MR) is 157 cm³/mol. The van der Waals surface area contributed by atoms with Crippen molar-refractivity contribution in [2.75, 3.05) is 18.0 Å². The van der Waals surface area contributed by atoms with Gasteiger partial charge in [-0.1, -0.05) is 89.9 Å². The van der Waals surface area contributed by atoms with Gasteiger partial charge in [-0.3, -0.25) is 14.4 Å². The number of hydrogen-bond acceptors (Lipinski definition) is 4. The number of rotatable bonds is 8. The van der Waals surface area contributed by atoms with E-state index in [9.17, 15) is 19.5 Å². The molecule has 0 aromatic heterocycles. The summed E-state index contributed by atoms with van der Waals surface area (Å²) < 4.78 is 6.52. The number of carboxylic acids is 1. The van der Waals surface area contributed by atoms with Crippen LogP contribution in [-0.2, 0) is 20.9 Å². The van der Waals surface area contributed by atoms with Gasteiger partial charge in [0.25, 0.3) is 11.8 Å². The topological polar surface area (TPSA) is 87.2 Å². The Morgan fingerprint density at radius 1 is 0.854 bits per heavy atom. The van der Waals surface area contributed by atoms with Crippen LogP contribution in [0.1, 0.15) is 33.2 Å². The van der Waals surface area contributed by atoms with Crippen LogP contribution in [-0.4, -0.2) is 47.0 Å². The van der Waals surface area contributed by atoms with Crippen molar-refractivity contribution < 1.29 is 24.2 Å². The number of fused-ring (bicyclic) bond motifs is 1. The van der Waals surface area contributed by atoms with Crippen molar-refractivity contribution in [1.29, 1.82) is 0 Å². The van der Waals surface area contributed by atoms with Gasteiger partial charge in [-0.15, -0.1) is 0 Å². The number of carboxylic acid groups (broad SMARTS) is 1. The number of carbonyl (C=O) groups excluding carboxylic acids is 2. The van der Waals surface area contributed by atoms with E-state index in [0.717, 1.165) is 10.5 Å². The van der Waals surface area contributed by atoms with Gasteiger partial charge in [0.05, 0.1) is 18.8 Å². The van der Waals surface area contributed by atoms with Crippen LogP contribution >= 0.6 is 23.2 Å². The number of aliphatic carboxylic acids is 1. The molecular weight excluding hydrogens is 563 g/mol. The Morgan fingerprint density at radius 3 is 2.20 bits per heavy atom. The number of hydrogen-bond donors (Lipinski definition) is 1. The zero-order chi connectivity index (χ0) is 28.9. The molecule has 1 aliphatic rings. The number of anilines is 1. The van der Waals surface area contributed by atoms with Crippen LogP contribution in [0.15, 0.2) is 103 Å². The third-order valence-corrected chi connectivity index (χ3v) is 7.38. The number of amides is 2. The summed E-state index contributed by atoms with van der Waals surface area (Å²) in [6, 6.07) is 30.1. The van der Waals surface area contributed by atoms with Crippen LogP contribution < -0.4 is 4.90 Å². The number of benzene rings is 4. The zero-order valence-corrected chi connectivity index (χ0v) is 23.3. The first-order chi connectivity index (χ1) is 19.8. The maximum absolute atomic E-state index is 14.3. The highest BCUT2D eigenvalue weighted by atomic mass is 35.5. The molecule has 2 amide bonds. The molecule has 1 aliphatic heterocycles. The normalized spacial score (nSPS) is 16.5. The SMILES string of the molecule is O=C(O)CN(C[C@H]1O[C@H](c2ccccc2Cl)c2cc(Cl)ccc2N(Cc2ccccc2)C1=O)C(=O)c1ccccc1. The lowest BCUT2D eigenvalue weighted by Crippen LogP contribution is -2.48. The van der Waals surface area contributed by atoms with Crippen LogP contribution in [0.5, 0.6) is 0 Å². The Bertz CT molecular complexity index is 1570. The average molecular weight is 589 g/mol. The van der Waals surface area contributed by atoms with Crippen molar-refractivity contribution >= 4 is 46.7 Å². The lowest BCUT2D eigenvalue weighted by atomic mass is 9.99. The molecule has 208 valence electrons. The molecule has 41 heavy (non-hydrogen) atoms. The molecule has 0 radical (unpaired) electrons. The third-order valence-electron chi connectivity index (χ3n) is 6.80. The molecule has 0 unspecified atom stereocenters. The lowest BCUT2D eigenvalue weighted by Gasteiger charge is -2.29. The Hall–Kier alpha value is -4.17. The molecule has 2 atom stereocenters. The number of ether oxygens (including phenoxy) is 1. The summed E-state index contributed by atoms with van der Waals surface area (Å²) in [6.07, 6.45) is -2.05. The summed E-state index contributed by atoms with van der Waals surface area (Å²) >= 11 is 13.1. The van der Waals surface area contributed by atoms with E-state index in [4.69, 9.17) is 27.9 Å². The Kier molecular flexibility index (Phi) is 8.69. The van der Waals surface area contributed by atoms with Gasteiger partial charge >= 0.3 is 5.97 Å². The van der Waals surface area contributed by atoms with Gasteiger partial charge in [0, 0.05) is 26.7 Å². The third kappa shape index (κ3) is 6.43. The van der Waals surface area contributed by atoms with Gasteiger partial charge < -0.3 is 19.6 Å². The highest BCUT2D eigenvalue weighted by Gasteiger charge is 2.39. The van der Waals surface area contributed by atoms with Crippen molar-refractivity contribution in [3.8, 4) is 0 Å². The number of halogens is 2. The highest BCUT2D eigenvalue weighted by Crippen LogP contribution is 2.42. The van der Waals surface area contributed by atoms with Crippen molar-refractivity contribution in [2.24, 2.45) is 0 Å². The molecule has 0 aliphatic carbocycles. The van der Waals surface area contributed by atoms with Gasteiger partial charge in [-0.05, 0) is 42.0 Å². The van der Waals surface area contributed by atoms with E-state index in [2.05, 4.69) is 0 Å². The van der Waals surface area contributed by atoms with Crippen molar-refractivity contribution in [3.63, 3.8) is 0 Å². The van der Waals surface area contributed by atoms with E-state index < -0.39 is 36.5 Å². The molecule has 0 saturated heterocycles. The molecule has 1 N–H and O–H groups in total. The van der Waals surface area contributed by atoms with Gasteiger partial charge in [-0.25, -0.2) is 0 Å². The summed E-state index contributed by atoms with van der Waals surface area (Å²) in [6.45, 7) is -0.698. The molecule has 0 saturated carbocycles. The van der Waals surface area contributed by atoms with Crippen LogP contribution in [0.25, 0.3) is 0 Å². The highest BCUT2D eigenvalue weighted by molar-refractivity contribution is 6.31. The van der Waals surface area contributed by atoms with Gasteiger partial charge in [0.2, 0.25) is 0 Å². The summed E-state index contributed by atoms with van der Waals surface area (Å²) in [5, 5.41) is 10.5. The first-order valence-corrected chi connectivity index (χ1v) is 13.7. The van der Waals surface area contributed by atoms with E-state index in [1.54, 1.807) is 71.6 Å². The van der Waals surface area contributed by atoms with Crippen molar-refractivity contribution in [2.45, 2.75) is 18.8 Å². The molecule has 0 bridgehead atoms. The Labute approximate surface area is 247 Å². The fraction of sp³-hybridized carbons (Fsp3) is 0.156. The van der Waals surface area contributed by atoms with E-state index >= 15 is 0 Å². The molecule has 1 heterocycles. The number of carbonyl (C=O) groups is 3. The maximum atomic E-state index is 14.3. The first-order valence-electron chi connectivity index (χ1n) is 12.9. The van der Waals surface area contributed by atoms with Crippen LogP contribution in [0.4, 0.5) is 5.69 Å². The maximum Gasteiger partial charge on any atom is 0.323 e. The molecular formula is C32H26Cl2N2O5. The monoisotopic (exact) mass is 588 g/mol. The Morgan fingerprint density at radius 2 is 1.51 bits per heavy atom. The van der Waals surface area contributed by atoms with Crippen molar-refractivity contribution in [3.05, 3.63) is 135 Å². The lowest BCUT2D eigenvalue weighted by molar-refractivity contribution is -0.140. The minimum Gasteiger partial charge on any atom is -0.480 e. The quantitative estimate of drug-likeness (QED) is 0.263. The molecule has 0 spiro atoms. The van der Waals surface area contributed by atoms with Gasteiger partial charge in [-0.2, -0.15) is 0 Å². The summed E-state index contributed by atoms with van der Waals surface area (Å²) in [4.78, 5) is 42.3. The smallest absolute Gasteiger partial charge is 0.323 e. The second-order valence-corrected chi connectivity index (χ2v) is 10.4. The molecule has 7 nitrogen and oxygen atoms in total. The van der Waals surface area contributed by atoms with Crippen molar-refractivity contribution in [1.82, 2.24) is 4.90 Å². The second-order valence-electron chi connectivity index (χ2n) is 9.58. The van der Waals surface area contributed by atoms with E-state index in [1.165, 1.54) is 0 Å². The minimum absolute atomic E-state index is 0.217. The van der Waals surface area contributed by atoms with E-state index in [0.29, 0.717) is 32.4 Å². The van der Waals surface area contributed by atoms with Crippen LogP contribution in [0.3, 0.4) is 0 Å². The van der Waals surface area contributed by atoms with Crippen LogP contribution in [0, 0.1) is 0 Å². The summed E-state index contributed by atoms with van der Waals surface area (Å²) in [7, 11) is 0. The summed E-state index contributed by atoms with van der Waals surface area (Å²) in [5.74, 6) is -2.17. The zero-order valence-electron chi connectivity index (χ0n) is 21.8. The molecule has 5 rings (SSSR count). The molecule has 4 aromatic rings. The average Bonchev–Trinajstić information content (AvgIpc) is 3.08. The van der Waals surface area contributed by atoms with Gasteiger partial charge in [0.1, 0.15) is 12.6 Å². The second kappa shape index (κ2) is 12.6. The molecule has 0 fully saturated rings. The number of nitrogens with zero attached hydrogens (tertiary/aromatic N) is 2. The Balaban J connectivity index is 1.61. The predicted octanol–water partition coefficient (Wildman–Crippen LogP) is 6.24. The van der Waals surface area contributed by atoms with E-state index in [1.807, 2.05) is 36.4 Å².